The summed E-state index contributed by atoms with van der Waals surface area (Å²) in [4.78, 5) is 0. The Labute approximate surface area is 113 Å². The minimum atomic E-state index is -0.992. The maximum absolute atomic E-state index is 13.9. The summed E-state index contributed by atoms with van der Waals surface area (Å²) >= 11 is 3.10. The summed E-state index contributed by atoms with van der Waals surface area (Å²) in [5.41, 5.74) is 0.863. The van der Waals surface area contributed by atoms with Crippen molar-refractivity contribution in [3.05, 3.63) is 63.9 Å². The van der Waals surface area contributed by atoms with Crippen molar-refractivity contribution < 1.29 is 14.2 Å². The van der Waals surface area contributed by atoms with Crippen molar-refractivity contribution >= 4 is 15.9 Å². The van der Waals surface area contributed by atoms with Crippen LogP contribution in [-0.4, -0.2) is 12.2 Å². The normalized spacial score (nSPS) is 12.2. The third-order valence-corrected chi connectivity index (χ3v) is 3.32. The van der Waals surface area contributed by atoms with Gasteiger partial charge in [0.2, 0.25) is 0 Å². The van der Waals surface area contributed by atoms with E-state index >= 15 is 0 Å². The van der Waals surface area contributed by atoms with Gasteiger partial charge in [0.1, 0.15) is 17.7 Å². The number of aliphatic hydroxyl groups is 1. The van der Waals surface area contributed by atoms with E-state index < -0.39 is 11.9 Å². The number of ether oxygens (including phenoxy) is 1. The van der Waals surface area contributed by atoms with E-state index in [1.165, 1.54) is 0 Å². The highest BCUT2D eigenvalue weighted by molar-refractivity contribution is 9.10. The summed E-state index contributed by atoms with van der Waals surface area (Å²) in [5.74, 6) is 0.251. The van der Waals surface area contributed by atoms with Gasteiger partial charge in [-0.3, -0.25) is 0 Å². The van der Waals surface area contributed by atoms with Crippen LogP contribution in [0.15, 0.2) is 46.9 Å². The number of aliphatic hydroxyl groups excluding tert-OH is 1. The Kier molecular flexibility index (Phi) is 3.99. The maximum Gasteiger partial charge on any atom is 0.143 e. The van der Waals surface area contributed by atoms with Crippen LogP contribution in [0.2, 0.25) is 0 Å². The molecule has 0 aliphatic heterocycles. The lowest BCUT2D eigenvalue weighted by molar-refractivity contribution is 0.214. The average Bonchev–Trinajstić information content (AvgIpc) is 2.41. The van der Waals surface area contributed by atoms with Crippen molar-refractivity contribution in [2.24, 2.45) is 0 Å². The molecule has 18 heavy (non-hydrogen) atoms. The molecule has 0 spiro atoms. The van der Waals surface area contributed by atoms with Crippen molar-refractivity contribution in [2.75, 3.05) is 7.11 Å². The lowest BCUT2D eigenvalue weighted by atomic mass is 10.0. The molecule has 0 aliphatic carbocycles. The molecule has 4 heteroatoms. The number of methoxy groups -OCH3 is 1. The lowest BCUT2D eigenvalue weighted by Crippen LogP contribution is -2.03. The van der Waals surface area contributed by atoms with E-state index in [0.29, 0.717) is 15.8 Å². The molecule has 94 valence electrons. The molecule has 1 unspecified atom stereocenters. The molecule has 2 aromatic carbocycles. The minimum Gasteiger partial charge on any atom is -0.497 e. The van der Waals surface area contributed by atoms with Crippen LogP contribution in [0.5, 0.6) is 5.75 Å². The molecule has 0 saturated heterocycles. The van der Waals surface area contributed by atoms with Gasteiger partial charge < -0.3 is 9.84 Å². The summed E-state index contributed by atoms with van der Waals surface area (Å²) in [6.45, 7) is 0. The second-order valence-electron chi connectivity index (χ2n) is 3.82. The van der Waals surface area contributed by atoms with Gasteiger partial charge in [0.25, 0.3) is 0 Å². The fraction of sp³-hybridized carbons (Fsp3) is 0.143. The molecule has 2 nitrogen and oxygen atoms in total. The molecule has 0 amide bonds. The molecular weight excluding hydrogens is 299 g/mol. The summed E-state index contributed by atoms with van der Waals surface area (Å²) in [5, 5.41) is 10.2. The first-order chi connectivity index (χ1) is 8.63. The average molecular weight is 311 g/mol. The number of halogens is 2. The first-order valence-electron chi connectivity index (χ1n) is 5.39. The number of hydrogen-bond donors (Lipinski definition) is 1. The second-order valence-corrected chi connectivity index (χ2v) is 4.67. The van der Waals surface area contributed by atoms with E-state index in [0.717, 1.165) is 0 Å². The molecular formula is C14H12BrFO2. The molecule has 0 aromatic heterocycles. The predicted molar refractivity (Wildman–Crippen MR) is 71.2 cm³/mol. The third-order valence-electron chi connectivity index (χ3n) is 2.71. The van der Waals surface area contributed by atoms with E-state index in [2.05, 4.69) is 15.9 Å². The van der Waals surface area contributed by atoms with Gasteiger partial charge in [0.05, 0.1) is 11.6 Å². The zero-order chi connectivity index (χ0) is 13.1. The number of rotatable bonds is 3. The van der Waals surface area contributed by atoms with E-state index in [9.17, 15) is 9.50 Å². The van der Waals surface area contributed by atoms with Gasteiger partial charge in [0.15, 0.2) is 0 Å². The molecule has 2 aromatic rings. The van der Waals surface area contributed by atoms with Crippen LogP contribution in [0.25, 0.3) is 0 Å². The molecule has 0 aliphatic rings. The molecule has 0 heterocycles. The minimum absolute atomic E-state index is 0.245. The first kappa shape index (κ1) is 13.1. The Bertz CT molecular complexity index is 540. The Morgan fingerprint density at radius 2 is 1.83 bits per heavy atom. The quantitative estimate of drug-likeness (QED) is 0.937. The van der Waals surface area contributed by atoms with Crippen LogP contribution in [0.3, 0.4) is 0 Å². The van der Waals surface area contributed by atoms with Gasteiger partial charge in [-0.1, -0.05) is 24.3 Å². The van der Waals surface area contributed by atoms with Gasteiger partial charge in [-0.15, -0.1) is 0 Å². The Hall–Kier alpha value is -1.39. The highest BCUT2D eigenvalue weighted by Gasteiger charge is 2.16. The molecule has 1 N–H and O–H groups in total. The predicted octanol–water partition coefficient (Wildman–Crippen LogP) is 3.68. The van der Waals surface area contributed by atoms with E-state index in [1.54, 1.807) is 49.6 Å². The Morgan fingerprint density at radius 3 is 2.44 bits per heavy atom. The summed E-state index contributed by atoms with van der Waals surface area (Å²) in [6, 6.07) is 11.7. The number of hydrogen-bond acceptors (Lipinski definition) is 2. The zero-order valence-corrected chi connectivity index (χ0v) is 11.3. The van der Waals surface area contributed by atoms with Gasteiger partial charge >= 0.3 is 0 Å². The zero-order valence-electron chi connectivity index (χ0n) is 9.73. The van der Waals surface area contributed by atoms with Crippen LogP contribution in [0, 0.1) is 5.82 Å². The van der Waals surface area contributed by atoms with Crippen LogP contribution in [0.4, 0.5) is 4.39 Å². The van der Waals surface area contributed by atoms with Crippen LogP contribution >= 0.6 is 15.9 Å². The maximum atomic E-state index is 13.9. The Balaban J connectivity index is 2.35. The van der Waals surface area contributed by atoms with E-state index in [1.807, 2.05) is 0 Å². The van der Waals surface area contributed by atoms with Crippen molar-refractivity contribution in [3.63, 3.8) is 0 Å². The smallest absolute Gasteiger partial charge is 0.143 e. The second kappa shape index (κ2) is 5.50. The molecule has 0 radical (unpaired) electrons. The van der Waals surface area contributed by atoms with Crippen molar-refractivity contribution in [1.29, 1.82) is 0 Å². The fourth-order valence-electron chi connectivity index (χ4n) is 1.70. The fourth-order valence-corrected chi connectivity index (χ4v) is 2.08. The van der Waals surface area contributed by atoms with E-state index in [4.69, 9.17) is 4.74 Å². The van der Waals surface area contributed by atoms with Crippen LogP contribution in [-0.2, 0) is 0 Å². The summed E-state index contributed by atoms with van der Waals surface area (Å²) in [7, 11) is 1.57. The van der Waals surface area contributed by atoms with Gasteiger partial charge in [-0.05, 0) is 39.7 Å². The third kappa shape index (κ3) is 2.54. The Morgan fingerprint density at radius 1 is 1.17 bits per heavy atom. The van der Waals surface area contributed by atoms with Gasteiger partial charge in [-0.25, -0.2) is 4.39 Å². The summed E-state index contributed by atoms with van der Waals surface area (Å²) in [6.07, 6.45) is -0.992. The van der Waals surface area contributed by atoms with Crippen molar-refractivity contribution in [2.45, 2.75) is 6.10 Å². The molecule has 1 atom stereocenters. The van der Waals surface area contributed by atoms with Gasteiger partial charge in [-0.2, -0.15) is 0 Å². The SMILES string of the molecule is COc1ccc(C(O)c2cccc(Br)c2F)cc1. The van der Waals surface area contributed by atoms with Gasteiger partial charge in [0, 0.05) is 5.56 Å². The molecule has 0 bridgehead atoms. The molecule has 0 fully saturated rings. The molecule has 0 saturated carbocycles. The van der Waals surface area contributed by atoms with Crippen molar-refractivity contribution in [1.82, 2.24) is 0 Å². The standard InChI is InChI=1S/C14H12BrFO2/c1-18-10-7-5-9(6-8-10)14(17)11-3-2-4-12(15)13(11)16/h2-8,14,17H,1H3. The first-order valence-corrected chi connectivity index (χ1v) is 6.18. The lowest BCUT2D eigenvalue weighted by Gasteiger charge is -2.13. The molecule has 2 rings (SSSR count). The van der Waals surface area contributed by atoms with Crippen LogP contribution < -0.4 is 4.74 Å². The highest BCUT2D eigenvalue weighted by Crippen LogP contribution is 2.29. The van der Waals surface area contributed by atoms with E-state index in [-0.39, 0.29) is 5.56 Å². The topological polar surface area (TPSA) is 29.5 Å². The number of benzene rings is 2. The monoisotopic (exact) mass is 310 g/mol. The summed E-state index contributed by atoms with van der Waals surface area (Å²) < 4.78 is 19.2. The highest BCUT2D eigenvalue weighted by atomic mass is 79.9. The van der Waals surface area contributed by atoms with Crippen molar-refractivity contribution in [3.8, 4) is 5.75 Å². The largest absolute Gasteiger partial charge is 0.497 e. The van der Waals surface area contributed by atoms with Crippen LogP contribution in [0.1, 0.15) is 17.2 Å².